The fourth-order valence-electron chi connectivity index (χ4n) is 3.85. The Morgan fingerprint density at radius 1 is 1.12 bits per heavy atom. The van der Waals surface area contributed by atoms with Crippen molar-refractivity contribution in [3.8, 4) is 0 Å². The molecule has 1 atom stereocenters. The Kier molecular flexibility index (Phi) is 2.75. The molecule has 0 radical (unpaired) electrons. The van der Waals surface area contributed by atoms with Crippen LogP contribution in [0.25, 0.3) is 0 Å². The van der Waals surface area contributed by atoms with E-state index in [9.17, 15) is 0 Å². The van der Waals surface area contributed by atoms with Crippen LogP contribution < -0.4 is 5.32 Å². The maximum Gasteiger partial charge on any atom is 0.0687 e. The van der Waals surface area contributed by atoms with Crippen LogP contribution in [0.2, 0.25) is 0 Å². The van der Waals surface area contributed by atoms with E-state index >= 15 is 0 Å². The molecule has 3 fully saturated rings. The number of hydrogen-bond donors (Lipinski definition) is 1. The highest BCUT2D eigenvalue weighted by atomic mass is 16.5. The second kappa shape index (κ2) is 3.99. The third kappa shape index (κ3) is 2.02. The highest BCUT2D eigenvalue weighted by molar-refractivity contribution is 4.96. The predicted molar refractivity (Wildman–Crippen MR) is 65.5 cm³/mol. The Morgan fingerprint density at radius 3 is 2.50 bits per heavy atom. The van der Waals surface area contributed by atoms with Crippen molar-refractivity contribution >= 4 is 0 Å². The molecule has 0 aromatic carbocycles. The molecule has 1 aliphatic carbocycles. The molecule has 0 aromatic rings. The second-order valence-corrected chi connectivity index (χ2v) is 6.64. The average molecular weight is 223 g/mol. The molecule has 1 unspecified atom stereocenters. The van der Waals surface area contributed by atoms with Gasteiger partial charge in [0.15, 0.2) is 0 Å². The predicted octanol–water partition coefficient (Wildman–Crippen LogP) is 2.87. The third-order valence-electron chi connectivity index (χ3n) is 4.93. The summed E-state index contributed by atoms with van der Waals surface area (Å²) in [5.74, 6) is 0. The van der Waals surface area contributed by atoms with Gasteiger partial charge in [-0.2, -0.15) is 0 Å². The summed E-state index contributed by atoms with van der Waals surface area (Å²) in [6.45, 7) is 4.79. The Morgan fingerprint density at radius 2 is 1.88 bits per heavy atom. The third-order valence-corrected chi connectivity index (χ3v) is 4.93. The summed E-state index contributed by atoms with van der Waals surface area (Å²) in [6.07, 6.45) is 11.4. The van der Waals surface area contributed by atoms with Gasteiger partial charge in [-0.05, 0) is 37.5 Å². The summed E-state index contributed by atoms with van der Waals surface area (Å²) in [5.41, 5.74) is 0.849. The molecule has 3 aliphatic rings. The molecular formula is C14H25NO. The maximum absolute atomic E-state index is 6.43. The molecule has 2 heterocycles. The molecule has 2 aliphatic heterocycles. The van der Waals surface area contributed by atoms with E-state index in [1.54, 1.807) is 0 Å². The lowest BCUT2D eigenvalue weighted by Crippen LogP contribution is -2.52. The van der Waals surface area contributed by atoms with E-state index < -0.39 is 0 Å². The maximum atomic E-state index is 6.43. The highest BCUT2D eigenvalue weighted by Crippen LogP contribution is 2.44. The summed E-state index contributed by atoms with van der Waals surface area (Å²) in [4.78, 5) is 0. The summed E-state index contributed by atoms with van der Waals surface area (Å²) >= 11 is 0. The van der Waals surface area contributed by atoms with Crippen molar-refractivity contribution < 1.29 is 4.74 Å². The summed E-state index contributed by atoms with van der Waals surface area (Å²) < 4.78 is 6.43. The summed E-state index contributed by atoms with van der Waals surface area (Å²) in [7, 11) is 0. The van der Waals surface area contributed by atoms with Gasteiger partial charge in [-0.25, -0.2) is 0 Å². The monoisotopic (exact) mass is 223 g/mol. The minimum atomic E-state index is 0.316. The molecule has 0 bridgehead atoms. The van der Waals surface area contributed by atoms with Gasteiger partial charge in [0.2, 0.25) is 0 Å². The quantitative estimate of drug-likeness (QED) is 0.777. The van der Waals surface area contributed by atoms with E-state index in [-0.39, 0.29) is 0 Å². The first-order valence-electron chi connectivity index (χ1n) is 7.08. The van der Waals surface area contributed by atoms with Crippen molar-refractivity contribution in [1.29, 1.82) is 0 Å². The molecule has 1 spiro atoms. The first kappa shape index (κ1) is 11.0. The van der Waals surface area contributed by atoms with Gasteiger partial charge in [0, 0.05) is 13.1 Å². The zero-order valence-corrected chi connectivity index (χ0v) is 10.6. The molecule has 0 amide bonds. The van der Waals surface area contributed by atoms with Gasteiger partial charge >= 0.3 is 0 Å². The normalized spacial score (nSPS) is 36.2. The van der Waals surface area contributed by atoms with Crippen LogP contribution in [0.4, 0.5) is 0 Å². The SMILES string of the molecule is CC1(CC2CCC3(CCCCC3)O2)CNC1. The van der Waals surface area contributed by atoms with Gasteiger partial charge in [0.05, 0.1) is 11.7 Å². The Bertz CT molecular complexity index is 253. The van der Waals surface area contributed by atoms with Crippen LogP contribution in [0.1, 0.15) is 58.3 Å². The van der Waals surface area contributed by atoms with Crippen LogP contribution in [0, 0.1) is 5.41 Å². The number of nitrogens with one attached hydrogen (secondary N) is 1. The zero-order valence-electron chi connectivity index (χ0n) is 10.6. The minimum absolute atomic E-state index is 0.316. The van der Waals surface area contributed by atoms with Gasteiger partial charge in [-0.3, -0.25) is 0 Å². The average Bonchev–Trinajstić information content (AvgIpc) is 2.60. The molecular weight excluding hydrogens is 198 g/mol. The van der Waals surface area contributed by atoms with Gasteiger partial charge in [0.25, 0.3) is 0 Å². The largest absolute Gasteiger partial charge is 0.372 e. The summed E-state index contributed by atoms with van der Waals surface area (Å²) in [6, 6.07) is 0. The van der Waals surface area contributed by atoms with E-state index in [0.717, 1.165) is 0 Å². The zero-order chi connectivity index (χ0) is 11.1. The smallest absolute Gasteiger partial charge is 0.0687 e. The van der Waals surface area contributed by atoms with Crippen LogP contribution in [-0.4, -0.2) is 24.8 Å². The van der Waals surface area contributed by atoms with Crippen molar-refractivity contribution in [2.24, 2.45) is 5.41 Å². The first-order chi connectivity index (χ1) is 7.70. The molecule has 1 N–H and O–H groups in total. The molecule has 2 heteroatoms. The lowest BCUT2D eigenvalue weighted by atomic mass is 9.78. The van der Waals surface area contributed by atoms with Crippen LogP contribution in [0.5, 0.6) is 0 Å². The molecule has 1 saturated carbocycles. The fraction of sp³-hybridized carbons (Fsp3) is 1.00. The van der Waals surface area contributed by atoms with E-state index in [0.29, 0.717) is 17.1 Å². The molecule has 2 nitrogen and oxygen atoms in total. The fourth-order valence-corrected chi connectivity index (χ4v) is 3.85. The minimum Gasteiger partial charge on any atom is -0.372 e. The summed E-state index contributed by atoms with van der Waals surface area (Å²) in [5, 5.41) is 3.39. The molecule has 92 valence electrons. The second-order valence-electron chi connectivity index (χ2n) is 6.64. The topological polar surface area (TPSA) is 21.3 Å². The van der Waals surface area contributed by atoms with Gasteiger partial charge in [-0.15, -0.1) is 0 Å². The van der Waals surface area contributed by atoms with E-state index in [2.05, 4.69) is 12.2 Å². The molecule has 0 aromatic heterocycles. The highest BCUT2D eigenvalue weighted by Gasteiger charge is 2.44. The molecule has 16 heavy (non-hydrogen) atoms. The molecule has 2 saturated heterocycles. The van der Waals surface area contributed by atoms with E-state index in [1.165, 1.54) is 64.5 Å². The van der Waals surface area contributed by atoms with Crippen LogP contribution in [0.15, 0.2) is 0 Å². The van der Waals surface area contributed by atoms with E-state index in [4.69, 9.17) is 4.74 Å². The lowest BCUT2D eigenvalue weighted by Gasteiger charge is -2.42. The number of ether oxygens (including phenoxy) is 1. The Hall–Kier alpha value is -0.0800. The van der Waals surface area contributed by atoms with Crippen molar-refractivity contribution in [2.75, 3.05) is 13.1 Å². The van der Waals surface area contributed by atoms with Crippen molar-refractivity contribution in [3.63, 3.8) is 0 Å². The van der Waals surface area contributed by atoms with Gasteiger partial charge in [-0.1, -0.05) is 26.2 Å². The van der Waals surface area contributed by atoms with Gasteiger partial charge < -0.3 is 10.1 Å². The number of rotatable bonds is 2. The molecule has 3 rings (SSSR count). The van der Waals surface area contributed by atoms with Crippen LogP contribution in [0.3, 0.4) is 0 Å². The van der Waals surface area contributed by atoms with E-state index in [1.807, 2.05) is 0 Å². The first-order valence-corrected chi connectivity index (χ1v) is 7.08. The van der Waals surface area contributed by atoms with Gasteiger partial charge in [0.1, 0.15) is 0 Å². The Labute approximate surface area is 99.1 Å². The number of hydrogen-bond acceptors (Lipinski definition) is 2. The van der Waals surface area contributed by atoms with Crippen LogP contribution in [-0.2, 0) is 4.74 Å². The van der Waals surface area contributed by atoms with Crippen molar-refractivity contribution in [2.45, 2.75) is 70.0 Å². The standard InChI is InChI=1S/C14H25NO/c1-13(10-15-11-13)9-12-5-8-14(16-12)6-3-2-4-7-14/h12,15H,2-11H2,1H3. The van der Waals surface area contributed by atoms with Crippen LogP contribution >= 0.6 is 0 Å². The Balaban J connectivity index is 1.55. The lowest BCUT2D eigenvalue weighted by molar-refractivity contribution is -0.0797. The van der Waals surface area contributed by atoms with Crippen molar-refractivity contribution in [3.05, 3.63) is 0 Å². The van der Waals surface area contributed by atoms with Crippen molar-refractivity contribution in [1.82, 2.24) is 5.32 Å².